The number of halogens is 1. The van der Waals surface area contributed by atoms with Crippen molar-refractivity contribution in [1.82, 2.24) is 5.43 Å². The average Bonchev–Trinajstić information content (AvgIpc) is 2.08. The molecule has 0 aliphatic rings. The third-order valence-corrected chi connectivity index (χ3v) is 1.76. The van der Waals surface area contributed by atoms with E-state index in [1.807, 2.05) is 5.43 Å². The molecule has 1 aromatic rings. The number of nitrogen functional groups attached to an aromatic ring is 2. The number of anilines is 1. The molecule has 0 bridgehead atoms. The first-order valence-electron chi connectivity index (χ1n) is 3.21. The molecule has 0 unspecified atom stereocenters. The van der Waals surface area contributed by atoms with Crippen LogP contribution in [0.4, 0.5) is 5.69 Å². The van der Waals surface area contributed by atoms with Crippen LogP contribution in [0.25, 0.3) is 0 Å². The van der Waals surface area contributed by atoms with E-state index in [0.29, 0.717) is 5.02 Å². The highest BCUT2D eigenvalue weighted by Gasteiger charge is 2.09. The van der Waals surface area contributed by atoms with Crippen molar-refractivity contribution >= 4 is 23.2 Å². The zero-order valence-corrected chi connectivity index (χ0v) is 6.93. The summed E-state index contributed by atoms with van der Waals surface area (Å²) in [6, 6.07) is 4.77. The maximum Gasteiger partial charge on any atom is 0.267 e. The Morgan fingerprint density at radius 3 is 2.75 bits per heavy atom. The van der Waals surface area contributed by atoms with E-state index >= 15 is 0 Å². The number of nitrogens with one attached hydrogen (secondary N) is 1. The molecule has 0 heterocycles. The number of benzene rings is 1. The van der Waals surface area contributed by atoms with E-state index in [1.54, 1.807) is 18.2 Å². The number of hydrogen-bond acceptors (Lipinski definition) is 3. The Labute approximate surface area is 74.5 Å². The van der Waals surface area contributed by atoms with Gasteiger partial charge in [0, 0.05) is 0 Å². The van der Waals surface area contributed by atoms with Gasteiger partial charge in [0.1, 0.15) is 0 Å². The van der Waals surface area contributed by atoms with Crippen LogP contribution in [0.3, 0.4) is 0 Å². The van der Waals surface area contributed by atoms with Gasteiger partial charge in [0.2, 0.25) is 0 Å². The number of amides is 1. The van der Waals surface area contributed by atoms with Gasteiger partial charge in [-0.1, -0.05) is 17.7 Å². The first-order chi connectivity index (χ1) is 5.66. The van der Waals surface area contributed by atoms with Crippen molar-refractivity contribution in [1.29, 1.82) is 0 Å². The van der Waals surface area contributed by atoms with Crippen molar-refractivity contribution < 1.29 is 4.79 Å². The molecule has 0 saturated carbocycles. The summed E-state index contributed by atoms with van der Waals surface area (Å²) in [5.41, 5.74) is 8.00. The van der Waals surface area contributed by atoms with Crippen molar-refractivity contribution in [2.24, 2.45) is 5.84 Å². The van der Waals surface area contributed by atoms with E-state index in [2.05, 4.69) is 0 Å². The number of carbonyl (C=O) groups is 1. The number of hydrogen-bond donors (Lipinski definition) is 3. The van der Waals surface area contributed by atoms with Crippen LogP contribution < -0.4 is 17.0 Å². The number of hydrazine groups is 1. The Hall–Kier alpha value is -1.26. The van der Waals surface area contributed by atoms with E-state index in [4.69, 9.17) is 23.2 Å². The molecule has 12 heavy (non-hydrogen) atoms. The second kappa shape index (κ2) is 3.42. The fourth-order valence-corrected chi connectivity index (χ4v) is 0.987. The van der Waals surface area contributed by atoms with Gasteiger partial charge in [-0.15, -0.1) is 0 Å². The molecule has 64 valence electrons. The van der Waals surface area contributed by atoms with Crippen LogP contribution in [-0.4, -0.2) is 5.91 Å². The predicted molar refractivity (Wildman–Crippen MR) is 47.5 cm³/mol. The molecule has 1 rings (SSSR count). The predicted octanol–water partition coefficient (Wildman–Crippen LogP) is 0.526. The molecule has 0 atom stereocenters. The second-order valence-electron chi connectivity index (χ2n) is 2.17. The van der Waals surface area contributed by atoms with Crippen LogP contribution in [-0.2, 0) is 0 Å². The van der Waals surface area contributed by atoms with Gasteiger partial charge in [0.05, 0.1) is 16.3 Å². The van der Waals surface area contributed by atoms with E-state index in [-0.39, 0.29) is 11.3 Å². The average molecular weight is 186 g/mol. The summed E-state index contributed by atoms with van der Waals surface area (Å²) >= 11 is 5.67. The summed E-state index contributed by atoms with van der Waals surface area (Å²) in [5, 5.41) is 0.344. The van der Waals surface area contributed by atoms with Crippen LogP contribution in [0, 0.1) is 0 Å². The largest absolute Gasteiger partial charge is 0.397 e. The maximum absolute atomic E-state index is 11.0. The molecule has 1 aromatic carbocycles. The summed E-state index contributed by atoms with van der Waals surface area (Å²) in [6.07, 6.45) is 0. The fourth-order valence-electron chi connectivity index (χ4n) is 0.813. The third-order valence-electron chi connectivity index (χ3n) is 1.43. The molecule has 0 saturated heterocycles. The standard InChI is InChI=1S/C7H8ClN3O/c8-5-3-1-2-4(6(5)9)7(12)11-10/h1-3H,9-10H2,(H,11,12). The van der Waals surface area contributed by atoms with Gasteiger partial charge >= 0.3 is 0 Å². The number of rotatable bonds is 1. The summed E-state index contributed by atoms with van der Waals surface area (Å²) < 4.78 is 0. The molecule has 0 aromatic heterocycles. The zero-order chi connectivity index (χ0) is 9.14. The monoisotopic (exact) mass is 185 g/mol. The molecule has 1 amide bonds. The molecule has 0 aliphatic heterocycles. The molecule has 0 fully saturated rings. The number of para-hydroxylation sites is 1. The molecular weight excluding hydrogens is 178 g/mol. The lowest BCUT2D eigenvalue weighted by Crippen LogP contribution is -2.30. The quantitative estimate of drug-likeness (QED) is 0.258. The molecule has 5 heteroatoms. The van der Waals surface area contributed by atoms with Crippen molar-refractivity contribution in [3.05, 3.63) is 28.8 Å². The minimum absolute atomic E-state index is 0.238. The van der Waals surface area contributed by atoms with Gasteiger partial charge in [0.25, 0.3) is 5.91 Å². The van der Waals surface area contributed by atoms with Crippen LogP contribution in [0.1, 0.15) is 10.4 Å². The Kier molecular flexibility index (Phi) is 2.52. The van der Waals surface area contributed by atoms with Gasteiger partial charge in [-0.2, -0.15) is 0 Å². The van der Waals surface area contributed by atoms with Gasteiger partial charge in [-0.25, -0.2) is 5.84 Å². The molecule has 5 N–H and O–H groups in total. The Bertz CT molecular complexity index is 314. The van der Waals surface area contributed by atoms with Crippen molar-refractivity contribution in [2.75, 3.05) is 5.73 Å². The van der Waals surface area contributed by atoms with Crippen LogP contribution in [0.2, 0.25) is 5.02 Å². The van der Waals surface area contributed by atoms with E-state index in [1.165, 1.54) is 0 Å². The van der Waals surface area contributed by atoms with E-state index in [9.17, 15) is 4.79 Å². The van der Waals surface area contributed by atoms with Gasteiger partial charge in [-0.3, -0.25) is 10.2 Å². The molecule has 0 radical (unpaired) electrons. The first-order valence-corrected chi connectivity index (χ1v) is 3.59. The lowest BCUT2D eigenvalue weighted by atomic mass is 10.2. The maximum atomic E-state index is 11.0. The summed E-state index contributed by atoms with van der Waals surface area (Å²) in [5.74, 6) is 4.48. The summed E-state index contributed by atoms with van der Waals surface area (Å²) in [6.45, 7) is 0. The topological polar surface area (TPSA) is 81.1 Å². The third kappa shape index (κ3) is 1.49. The van der Waals surface area contributed by atoms with Gasteiger partial charge < -0.3 is 5.73 Å². The van der Waals surface area contributed by atoms with Crippen molar-refractivity contribution in [2.45, 2.75) is 0 Å². The van der Waals surface area contributed by atoms with Crippen molar-refractivity contribution in [3.8, 4) is 0 Å². The molecule has 4 nitrogen and oxygen atoms in total. The molecular formula is C7H8ClN3O. The smallest absolute Gasteiger partial charge is 0.267 e. The second-order valence-corrected chi connectivity index (χ2v) is 2.58. The lowest BCUT2D eigenvalue weighted by molar-refractivity contribution is 0.0954. The van der Waals surface area contributed by atoms with Gasteiger partial charge in [0.15, 0.2) is 0 Å². The van der Waals surface area contributed by atoms with Crippen LogP contribution in [0.15, 0.2) is 18.2 Å². The Balaban J connectivity index is 3.16. The fraction of sp³-hybridized carbons (Fsp3) is 0. The number of carbonyl (C=O) groups excluding carboxylic acids is 1. The summed E-state index contributed by atoms with van der Waals surface area (Å²) in [7, 11) is 0. The normalized spacial score (nSPS) is 9.50. The molecule has 0 spiro atoms. The SMILES string of the molecule is NNC(=O)c1cccc(Cl)c1N. The van der Waals surface area contributed by atoms with E-state index < -0.39 is 5.91 Å². The summed E-state index contributed by atoms with van der Waals surface area (Å²) in [4.78, 5) is 11.0. The lowest BCUT2D eigenvalue weighted by Gasteiger charge is -2.04. The van der Waals surface area contributed by atoms with Crippen molar-refractivity contribution in [3.63, 3.8) is 0 Å². The highest BCUT2D eigenvalue weighted by Crippen LogP contribution is 2.21. The van der Waals surface area contributed by atoms with Gasteiger partial charge in [-0.05, 0) is 12.1 Å². The minimum Gasteiger partial charge on any atom is -0.397 e. The Morgan fingerprint density at radius 1 is 1.50 bits per heavy atom. The van der Waals surface area contributed by atoms with Crippen LogP contribution in [0.5, 0.6) is 0 Å². The van der Waals surface area contributed by atoms with Crippen LogP contribution >= 0.6 is 11.6 Å². The highest BCUT2D eigenvalue weighted by molar-refractivity contribution is 6.33. The van der Waals surface area contributed by atoms with E-state index in [0.717, 1.165) is 0 Å². The first kappa shape index (κ1) is 8.83. The Morgan fingerprint density at radius 2 is 2.17 bits per heavy atom. The highest BCUT2D eigenvalue weighted by atomic mass is 35.5. The zero-order valence-electron chi connectivity index (χ0n) is 6.17. The molecule has 0 aliphatic carbocycles. The number of nitrogens with two attached hydrogens (primary N) is 2. The minimum atomic E-state index is -0.449.